The number of aryl methyl sites for hydroxylation is 1. The quantitative estimate of drug-likeness (QED) is 0.445. The molecule has 1 amide bonds. The highest BCUT2D eigenvalue weighted by molar-refractivity contribution is 5.91. The summed E-state index contributed by atoms with van der Waals surface area (Å²) in [5.41, 5.74) is 0.913. The number of nitrogens with one attached hydrogen (secondary N) is 1. The van der Waals surface area contributed by atoms with Gasteiger partial charge >= 0.3 is 0 Å². The predicted molar refractivity (Wildman–Crippen MR) is 60.1 cm³/mol. The molecule has 1 aromatic heterocycles. The monoisotopic (exact) mass is 205 g/mol. The molecule has 1 N–H and O–H groups in total. The first-order valence-corrected chi connectivity index (χ1v) is 4.78. The van der Waals surface area contributed by atoms with E-state index in [0.717, 1.165) is 12.0 Å². The van der Waals surface area contributed by atoms with Crippen LogP contribution in [0.3, 0.4) is 0 Å². The lowest BCUT2D eigenvalue weighted by Gasteiger charge is -1.96. The molecule has 0 bridgehead atoms. The molecule has 1 rings (SSSR count). The smallest absolute Gasteiger partial charge is 0.244 e. The molecule has 0 unspecified atom stereocenters. The summed E-state index contributed by atoms with van der Waals surface area (Å²) in [6.45, 7) is 4.20. The fraction of sp³-hybridized carbons (Fsp3) is 0.273. The van der Waals surface area contributed by atoms with Crippen molar-refractivity contribution in [2.75, 3.05) is 6.54 Å². The van der Waals surface area contributed by atoms with Crippen molar-refractivity contribution in [2.45, 2.75) is 6.42 Å². The van der Waals surface area contributed by atoms with E-state index in [2.05, 4.69) is 17.0 Å². The number of rotatable bonds is 5. The van der Waals surface area contributed by atoms with E-state index < -0.39 is 0 Å². The van der Waals surface area contributed by atoms with E-state index in [0.29, 0.717) is 6.54 Å². The van der Waals surface area contributed by atoms with E-state index in [9.17, 15) is 4.79 Å². The zero-order chi connectivity index (χ0) is 11.1. The molecule has 4 nitrogen and oxygen atoms in total. The van der Waals surface area contributed by atoms with Crippen molar-refractivity contribution in [2.24, 2.45) is 7.05 Å². The number of carbonyl (C=O) groups is 1. The Hall–Kier alpha value is -1.84. The Labute approximate surface area is 89.3 Å². The van der Waals surface area contributed by atoms with Crippen LogP contribution in [-0.4, -0.2) is 22.2 Å². The van der Waals surface area contributed by atoms with E-state index in [4.69, 9.17) is 0 Å². The molecule has 15 heavy (non-hydrogen) atoms. The first-order valence-electron chi connectivity index (χ1n) is 4.78. The number of hydrogen-bond donors (Lipinski definition) is 1. The third-order valence-corrected chi connectivity index (χ3v) is 1.80. The molecule has 0 aliphatic heterocycles. The highest BCUT2D eigenvalue weighted by atomic mass is 16.1. The molecule has 0 aliphatic carbocycles. The molecule has 0 fully saturated rings. The van der Waals surface area contributed by atoms with Crippen LogP contribution in [0.5, 0.6) is 0 Å². The second kappa shape index (κ2) is 5.80. The van der Waals surface area contributed by atoms with Gasteiger partial charge in [0.15, 0.2) is 0 Å². The van der Waals surface area contributed by atoms with Crippen molar-refractivity contribution >= 4 is 12.0 Å². The highest BCUT2D eigenvalue weighted by Crippen LogP contribution is 1.98. The summed E-state index contributed by atoms with van der Waals surface area (Å²) in [6, 6.07) is 0. The fourth-order valence-electron chi connectivity index (χ4n) is 1.05. The first kappa shape index (κ1) is 11.2. The molecule has 4 heteroatoms. The van der Waals surface area contributed by atoms with Crippen LogP contribution in [0.1, 0.15) is 12.0 Å². The maximum atomic E-state index is 11.2. The molecule has 0 atom stereocenters. The Bertz CT molecular complexity index is 366. The largest absolute Gasteiger partial charge is 0.352 e. The second-order valence-electron chi connectivity index (χ2n) is 3.15. The molecule has 1 aromatic rings. The summed E-state index contributed by atoms with van der Waals surface area (Å²) < 4.78 is 1.69. The Morgan fingerprint density at radius 1 is 1.73 bits per heavy atom. The maximum absolute atomic E-state index is 11.2. The summed E-state index contributed by atoms with van der Waals surface area (Å²) in [6.07, 6.45) is 9.33. The third-order valence-electron chi connectivity index (χ3n) is 1.80. The Kier molecular flexibility index (Phi) is 4.34. The number of aromatic nitrogens is 2. The third kappa shape index (κ3) is 4.26. The fourth-order valence-corrected chi connectivity index (χ4v) is 1.05. The van der Waals surface area contributed by atoms with Crippen molar-refractivity contribution in [3.8, 4) is 0 Å². The normalized spacial score (nSPS) is 10.5. The summed E-state index contributed by atoms with van der Waals surface area (Å²) in [4.78, 5) is 11.2. The summed E-state index contributed by atoms with van der Waals surface area (Å²) >= 11 is 0. The van der Waals surface area contributed by atoms with Crippen LogP contribution in [0.25, 0.3) is 6.08 Å². The molecule has 0 saturated carbocycles. The minimum absolute atomic E-state index is 0.0966. The van der Waals surface area contributed by atoms with Gasteiger partial charge in [-0.1, -0.05) is 6.08 Å². The Morgan fingerprint density at radius 2 is 2.53 bits per heavy atom. The molecule has 1 heterocycles. The van der Waals surface area contributed by atoms with E-state index in [1.165, 1.54) is 6.08 Å². The zero-order valence-corrected chi connectivity index (χ0v) is 8.81. The zero-order valence-electron chi connectivity index (χ0n) is 8.81. The summed E-state index contributed by atoms with van der Waals surface area (Å²) in [5.74, 6) is -0.0966. The Balaban J connectivity index is 2.37. The van der Waals surface area contributed by atoms with E-state index in [-0.39, 0.29) is 5.91 Å². The van der Waals surface area contributed by atoms with Gasteiger partial charge in [-0.15, -0.1) is 6.58 Å². The van der Waals surface area contributed by atoms with Crippen molar-refractivity contribution in [1.82, 2.24) is 15.1 Å². The van der Waals surface area contributed by atoms with Gasteiger partial charge in [0.25, 0.3) is 0 Å². The maximum Gasteiger partial charge on any atom is 0.244 e. The number of amides is 1. The Morgan fingerprint density at radius 3 is 3.13 bits per heavy atom. The number of nitrogens with zero attached hydrogens (tertiary/aromatic N) is 2. The van der Waals surface area contributed by atoms with Crippen LogP contribution in [0, 0.1) is 0 Å². The standard InChI is InChI=1S/C11H15N3O/c1-3-4-7-12-11(15)6-5-10-8-13-14(2)9-10/h3,5-6,8-9H,1,4,7H2,2H3,(H,12,15)/b6-5+. The highest BCUT2D eigenvalue weighted by Gasteiger charge is 1.94. The molecule has 0 aromatic carbocycles. The van der Waals surface area contributed by atoms with Gasteiger partial charge < -0.3 is 5.32 Å². The number of carbonyl (C=O) groups excluding carboxylic acids is 1. The SMILES string of the molecule is C=CCCNC(=O)/C=C/c1cnn(C)c1. The minimum Gasteiger partial charge on any atom is -0.352 e. The van der Waals surface area contributed by atoms with Gasteiger partial charge in [0, 0.05) is 31.4 Å². The van der Waals surface area contributed by atoms with Crippen LogP contribution >= 0.6 is 0 Å². The van der Waals surface area contributed by atoms with Crippen molar-refractivity contribution in [3.05, 3.63) is 36.7 Å². The van der Waals surface area contributed by atoms with Gasteiger partial charge in [0.2, 0.25) is 5.91 Å². The predicted octanol–water partition coefficient (Wildman–Crippen LogP) is 1.13. The molecule has 0 saturated heterocycles. The van der Waals surface area contributed by atoms with Crippen molar-refractivity contribution in [1.29, 1.82) is 0 Å². The molecule has 0 spiro atoms. The average Bonchev–Trinajstić information content (AvgIpc) is 2.62. The van der Waals surface area contributed by atoms with Gasteiger partial charge in [-0.05, 0) is 12.5 Å². The van der Waals surface area contributed by atoms with Crippen LogP contribution < -0.4 is 5.32 Å². The summed E-state index contributed by atoms with van der Waals surface area (Å²) in [5, 5.41) is 6.73. The molecule has 80 valence electrons. The molecule has 0 aliphatic rings. The lowest BCUT2D eigenvalue weighted by Crippen LogP contribution is -2.21. The first-order chi connectivity index (χ1) is 7.22. The van der Waals surface area contributed by atoms with Crippen LogP contribution in [-0.2, 0) is 11.8 Å². The molecular weight excluding hydrogens is 190 g/mol. The molecular formula is C11H15N3O. The lowest BCUT2D eigenvalue weighted by molar-refractivity contribution is -0.116. The second-order valence-corrected chi connectivity index (χ2v) is 3.15. The van der Waals surface area contributed by atoms with Crippen LogP contribution in [0.2, 0.25) is 0 Å². The van der Waals surface area contributed by atoms with Gasteiger partial charge in [0.05, 0.1) is 6.20 Å². The van der Waals surface area contributed by atoms with Gasteiger partial charge in [0.1, 0.15) is 0 Å². The molecule has 0 radical (unpaired) electrons. The van der Waals surface area contributed by atoms with E-state index in [1.54, 1.807) is 23.0 Å². The van der Waals surface area contributed by atoms with E-state index >= 15 is 0 Å². The number of hydrogen-bond acceptors (Lipinski definition) is 2. The van der Waals surface area contributed by atoms with Gasteiger partial charge in [-0.25, -0.2) is 0 Å². The lowest BCUT2D eigenvalue weighted by atomic mass is 10.3. The average molecular weight is 205 g/mol. The van der Waals surface area contributed by atoms with Crippen LogP contribution in [0.15, 0.2) is 31.1 Å². The van der Waals surface area contributed by atoms with Crippen molar-refractivity contribution in [3.63, 3.8) is 0 Å². The summed E-state index contributed by atoms with van der Waals surface area (Å²) in [7, 11) is 1.83. The van der Waals surface area contributed by atoms with Crippen molar-refractivity contribution < 1.29 is 4.79 Å². The van der Waals surface area contributed by atoms with Crippen LogP contribution in [0.4, 0.5) is 0 Å². The van der Waals surface area contributed by atoms with E-state index in [1.807, 2.05) is 13.2 Å². The van der Waals surface area contributed by atoms with Gasteiger partial charge in [-0.2, -0.15) is 5.10 Å². The topological polar surface area (TPSA) is 46.9 Å². The minimum atomic E-state index is -0.0966. The van der Waals surface area contributed by atoms with Gasteiger partial charge in [-0.3, -0.25) is 9.48 Å².